The lowest BCUT2D eigenvalue weighted by molar-refractivity contribution is 0.197. The minimum Gasteiger partial charge on any atom is -0.464 e. The minimum absolute atomic E-state index is 0.266. The number of hydrogen-bond donors (Lipinski definition) is 1. The van der Waals surface area contributed by atoms with Crippen molar-refractivity contribution in [3.63, 3.8) is 0 Å². The predicted octanol–water partition coefficient (Wildman–Crippen LogP) is 5.04. The van der Waals surface area contributed by atoms with Gasteiger partial charge in [0, 0.05) is 10.9 Å². The molecule has 2 aromatic carbocycles. The van der Waals surface area contributed by atoms with Crippen LogP contribution in [0.4, 0.5) is 4.79 Å². The molecule has 4 aromatic rings. The quantitative estimate of drug-likeness (QED) is 0.500. The van der Waals surface area contributed by atoms with Crippen molar-refractivity contribution in [1.82, 2.24) is 9.55 Å². The molecule has 0 unspecified atom stereocenters. The molecule has 5 heteroatoms. The Hall–Kier alpha value is -2.85. The number of aromatic nitrogens is 2. The molecule has 2 aromatic heterocycles. The first-order valence-electron chi connectivity index (χ1n) is 7.04. The highest BCUT2D eigenvalue weighted by molar-refractivity contribution is 6.29. The van der Waals surface area contributed by atoms with Crippen LogP contribution < -0.4 is 0 Å². The van der Waals surface area contributed by atoms with Crippen molar-refractivity contribution < 1.29 is 9.90 Å². The second-order valence-electron chi connectivity index (χ2n) is 5.22. The molecule has 0 aliphatic heterocycles. The third-order valence-corrected chi connectivity index (χ3v) is 4.08. The van der Waals surface area contributed by atoms with Gasteiger partial charge < -0.3 is 5.11 Å². The molecule has 4 nitrogen and oxygen atoms in total. The average Bonchev–Trinajstić information content (AvgIpc) is 2.92. The lowest BCUT2D eigenvalue weighted by atomic mass is 10.0. The van der Waals surface area contributed by atoms with Gasteiger partial charge in [-0.15, -0.1) is 0 Å². The molecule has 0 fully saturated rings. The lowest BCUT2D eigenvalue weighted by Crippen LogP contribution is -2.10. The first kappa shape index (κ1) is 13.8. The van der Waals surface area contributed by atoms with Gasteiger partial charge in [0.15, 0.2) is 5.65 Å². The fourth-order valence-corrected chi connectivity index (χ4v) is 3.04. The summed E-state index contributed by atoms with van der Waals surface area (Å²) in [5.41, 5.74) is 1.77. The molecule has 0 saturated carbocycles. The number of fused-ring (bicyclic) bond motifs is 2. The summed E-state index contributed by atoms with van der Waals surface area (Å²) in [6.45, 7) is 0. The van der Waals surface area contributed by atoms with Gasteiger partial charge in [0.1, 0.15) is 5.15 Å². The summed E-state index contributed by atoms with van der Waals surface area (Å²) in [5.74, 6) is 0. The van der Waals surface area contributed by atoms with E-state index in [0.717, 1.165) is 21.7 Å². The van der Waals surface area contributed by atoms with E-state index < -0.39 is 6.09 Å². The van der Waals surface area contributed by atoms with E-state index >= 15 is 0 Å². The Labute approximate surface area is 136 Å². The summed E-state index contributed by atoms with van der Waals surface area (Å²) < 4.78 is 1.18. The van der Waals surface area contributed by atoms with Gasteiger partial charge in [0.05, 0.1) is 5.69 Å². The van der Waals surface area contributed by atoms with Gasteiger partial charge >= 0.3 is 6.09 Å². The molecule has 0 saturated heterocycles. The highest BCUT2D eigenvalue weighted by atomic mass is 35.5. The van der Waals surface area contributed by atoms with E-state index in [0.29, 0.717) is 11.3 Å². The molecule has 23 heavy (non-hydrogen) atoms. The van der Waals surface area contributed by atoms with E-state index in [9.17, 15) is 9.90 Å². The molecule has 2 heterocycles. The van der Waals surface area contributed by atoms with E-state index in [2.05, 4.69) is 4.98 Å². The van der Waals surface area contributed by atoms with Gasteiger partial charge in [-0.1, -0.05) is 54.1 Å². The van der Waals surface area contributed by atoms with Crippen molar-refractivity contribution in [2.75, 3.05) is 0 Å². The Morgan fingerprint density at radius 3 is 2.61 bits per heavy atom. The Morgan fingerprint density at radius 1 is 1.00 bits per heavy atom. The van der Waals surface area contributed by atoms with E-state index in [-0.39, 0.29) is 5.15 Å². The highest BCUT2D eigenvalue weighted by Crippen LogP contribution is 2.33. The Kier molecular flexibility index (Phi) is 3.06. The summed E-state index contributed by atoms with van der Waals surface area (Å²) in [7, 11) is 0. The molecule has 0 spiro atoms. The van der Waals surface area contributed by atoms with Crippen LogP contribution in [0.3, 0.4) is 0 Å². The van der Waals surface area contributed by atoms with Crippen LogP contribution in [0.2, 0.25) is 5.15 Å². The third-order valence-electron chi connectivity index (χ3n) is 3.87. The summed E-state index contributed by atoms with van der Waals surface area (Å²) >= 11 is 5.93. The van der Waals surface area contributed by atoms with Crippen molar-refractivity contribution in [3.05, 3.63) is 65.8 Å². The average molecular weight is 323 g/mol. The molecule has 0 atom stereocenters. The smallest absolute Gasteiger partial charge is 0.417 e. The lowest BCUT2D eigenvalue weighted by Gasteiger charge is -2.08. The maximum absolute atomic E-state index is 11.8. The summed E-state index contributed by atoms with van der Waals surface area (Å²) in [6, 6.07) is 19.0. The largest absolute Gasteiger partial charge is 0.464 e. The monoisotopic (exact) mass is 322 g/mol. The molecule has 4 rings (SSSR count). The number of rotatable bonds is 1. The van der Waals surface area contributed by atoms with Gasteiger partial charge in [-0.3, -0.25) is 0 Å². The van der Waals surface area contributed by atoms with Crippen LogP contribution in [-0.4, -0.2) is 20.8 Å². The maximum atomic E-state index is 11.8. The molecule has 1 N–H and O–H groups in total. The SMILES string of the molecule is O=C(O)n1c(-c2cccc3ccccc23)cc2ccc(Cl)nc21. The summed E-state index contributed by atoms with van der Waals surface area (Å²) in [5, 5.41) is 12.7. The van der Waals surface area contributed by atoms with Gasteiger partial charge in [-0.05, 0) is 29.0 Å². The predicted molar refractivity (Wildman–Crippen MR) is 91.1 cm³/mol. The second-order valence-corrected chi connectivity index (χ2v) is 5.61. The van der Waals surface area contributed by atoms with E-state index in [4.69, 9.17) is 11.6 Å². The van der Waals surface area contributed by atoms with Crippen LogP contribution in [0.5, 0.6) is 0 Å². The Morgan fingerprint density at radius 2 is 1.78 bits per heavy atom. The zero-order valence-electron chi connectivity index (χ0n) is 11.9. The summed E-state index contributed by atoms with van der Waals surface area (Å²) in [4.78, 5) is 16.0. The zero-order valence-corrected chi connectivity index (χ0v) is 12.7. The number of halogens is 1. The number of pyridine rings is 1. The van der Waals surface area contributed by atoms with Gasteiger partial charge in [-0.2, -0.15) is 0 Å². The van der Waals surface area contributed by atoms with Crippen molar-refractivity contribution in [3.8, 4) is 11.3 Å². The van der Waals surface area contributed by atoms with Crippen molar-refractivity contribution in [2.45, 2.75) is 0 Å². The van der Waals surface area contributed by atoms with Crippen LogP contribution in [-0.2, 0) is 0 Å². The third kappa shape index (κ3) is 2.15. The van der Waals surface area contributed by atoms with E-state index in [1.54, 1.807) is 12.1 Å². The van der Waals surface area contributed by atoms with Crippen molar-refractivity contribution >= 4 is 39.5 Å². The second kappa shape index (κ2) is 5.11. The number of hydrogen-bond acceptors (Lipinski definition) is 2. The number of carbonyl (C=O) groups is 1. The molecular weight excluding hydrogens is 312 g/mol. The number of nitrogens with zero attached hydrogens (tertiary/aromatic N) is 2. The van der Waals surface area contributed by atoms with Gasteiger partial charge in [-0.25, -0.2) is 14.3 Å². The first-order chi connectivity index (χ1) is 11.1. The van der Waals surface area contributed by atoms with E-state index in [1.165, 1.54) is 4.57 Å². The molecule has 0 amide bonds. The number of benzene rings is 2. The van der Waals surface area contributed by atoms with Gasteiger partial charge in [0.2, 0.25) is 0 Å². The molecule has 0 radical (unpaired) electrons. The zero-order chi connectivity index (χ0) is 16.0. The van der Waals surface area contributed by atoms with Crippen LogP contribution >= 0.6 is 11.6 Å². The van der Waals surface area contributed by atoms with Crippen molar-refractivity contribution in [1.29, 1.82) is 0 Å². The Bertz CT molecular complexity index is 1060. The standard InChI is InChI=1S/C18H11ClN2O2/c19-16-9-8-12-10-15(21(18(22)23)17(12)20-16)14-7-3-5-11-4-1-2-6-13(11)14/h1-10H,(H,22,23). The Balaban J connectivity index is 2.12. The van der Waals surface area contributed by atoms with Gasteiger partial charge in [0.25, 0.3) is 0 Å². The summed E-state index contributed by atoms with van der Waals surface area (Å²) in [6.07, 6.45) is -1.09. The normalized spacial score (nSPS) is 11.2. The molecule has 0 bridgehead atoms. The van der Waals surface area contributed by atoms with E-state index in [1.807, 2.05) is 48.5 Å². The van der Waals surface area contributed by atoms with Crippen molar-refractivity contribution in [2.24, 2.45) is 0 Å². The highest BCUT2D eigenvalue weighted by Gasteiger charge is 2.18. The van der Waals surface area contributed by atoms with Crippen LogP contribution in [0.1, 0.15) is 0 Å². The fraction of sp³-hybridized carbons (Fsp3) is 0. The molecular formula is C18H11ClN2O2. The maximum Gasteiger partial charge on any atom is 0.417 e. The number of carboxylic acid groups (broad SMARTS) is 1. The molecule has 0 aliphatic rings. The minimum atomic E-state index is -1.09. The molecule has 112 valence electrons. The topological polar surface area (TPSA) is 55.1 Å². The van der Waals surface area contributed by atoms with Crippen LogP contribution in [0.25, 0.3) is 33.1 Å². The molecule has 0 aliphatic carbocycles. The van der Waals surface area contributed by atoms with Crippen LogP contribution in [0, 0.1) is 0 Å². The first-order valence-corrected chi connectivity index (χ1v) is 7.42. The van der Waals surface area contributed by atoms with Crippen LogP contribution in [0.15, 0.2) is 60.7 Å². The fourth-order valence-electron chi connectivity index (χ4n) is 2.89.